The summed E-state index contributed by atoms with van der Waals surface area (Å²) in [6.07, 6.45) is 0. The summed E-state index contributed by atoms with van der Waals surface area (Å²) in [5.74, 6) is 1.02. The predicted octanol–water partition coefficient (Wildman–Crippen LogP) is 0.752. The first kappa shape index (κ1) is 9.82. The summed E-state index contributed by atoms with van der Waals surface area (Å²) in [6.45, 7) is 0. The van der Waals surface area contributed by atoms with E-state index in [0.29, 0.717) is 0 Å². The fourth-order valence-corrected chi connectivity index (χ4v) is 0.582. The van der Waals surface area contributed by atoms with Gasteiger partial charge in [-0.1, -0.05) is 0 Å². The average molecular weight is 148 g/mol. The van der Waals surface area contributed by atoms with Crippen molar-refractivity contribution in [3.63, 3.8) is 0 Å². The van der Waals surface area contributed by atoms with Crippen LogP contribution < -0.4 is 4.74 Å². The molecule has 0 saturated heterocycles. The molecule has 1 N–H and O–H groups in total. The molecular weight excluding hydrogens is 139 g/mol. The van der Waals surface area contributed by atoms with Gasteiger partial charge in [0.25, 0.3) is 0 Å². The van der Waals surface area contributed by atoms with Gasteiger partial charge in [-0.15, -0.1) is 0 Å². The van der Waals surface area contributed by atoms with E-state index in [0.717, 1.165) is 5.75 Å². The third kappa shape index (κ3) is 2.60. The van der Waals surface area contributed by atoms with Crippen molar-refractivity contribution in [1.82, 2.24) is 0 Å². The molecule has 0 unspecified atom stereocenters. The van der Waals surface area contributed by atoms with E-state index in [9.17, 15) is 0 Å². The van der Waals surface area contributed by atoms with Crippen molar-refractivity contribution < 1.29 is 9.84 Å². The molecule has 1 aromatic rings. The SMILES string of the molecule is COc1ccc(O)cc1.[NaH]. The molecule has 0 aliphatic carbocycles. The van der Waals surface area contributed by atoms with E-state index in [4.69, 9.17) is 9.84 Å². The fraction of sp³-hybridized carbons (Fsp3) is 0.143. The Balaban J connectivity index is 0.000000810. The number of phenolic OH excluding ortho intramolecular Hbond substituents is 1. The second kappa shape index (κ2) is 4.61. The van der Waals surface area contributed by atoms with Crippen molar-refractivity contribution in [1.29, 1.82) is 0 Å². The van der Waals surface area contributed by atoms with Crippen molar-refractivity contribution in [3.8, 4) is 11.5 Å². The molecule has 0 aliphatic rings. The van der Waals surface area contributed by atoms with Crippen LogP contribution in [0.5, 0.6) is 11.5 Å². The van der Waals surface area contributed by atoms with Crippen LogP contribution in [-0.2, 0) is 0 Å². The third-order valence-electron chi connectivity index (χ3n) is 1.07. The Kier molecular flexibility index (Phi) is 4.52. The van der Waals surface area contributed by atoms with Gasteiger partial charge in [-0.2, -0.15) is 0 Å². The first-order valence-electron chi connectivity index (χ1n) is 2.66. The van der Waals surface area contributed by atoms with Gasteiger partial charge in [0, 0.05) is 0 Å². The Labute approximate surface area is 82.1 Å². The maximum absolute atomic E-state index is 8.80. The van der Waals surface area contributed by atoms with Crippen LogP contribution in [0.25, 0.3) is 0 Å². The van der Waals surface area contributed by atoms with Gasteiger partial charge in [-0.05, 0) is 24.3 Å². The predicted molar refractivity (Wildman–Crippen MR) is 41.8 cm³/mol. The van der Waals surface area contributed by atoms with Gasteiger partial charge < -0.3 is 9.84 Å². The Morgan fingerprint density at radius 2 is 1.70 bits per heavy atom. The molecule has 0 aliphatic heterocycles. The zero-order chi connectivity index (χ0) is 6.69. The molecule has 10 heavy (non-hydrogen) atoms. The summed E-state index contributed by atoms with van der Waals surface area (Å²) in [7, 11) is 1.59. The molecule has 0 atom stereocenters. The number of benzene rings is 1. The van der Waals surface area contributed by atoms with Gasteiger partial charge in [0.05, 0.1) is 7.11 Å². The van der Waals surface area contributed by atoms with E-state index >= 15 is 0 Å². The molecule has 50 valence electrons. The summed E-state index contributed by atoms with van der Waals surface area (Å²) in [5, 5.41) is 8.80. The second-order valence-corrected chi connectivity index (χ2v) is 1.70. The van der Waals surface area contributed by atoms with Gasteiger partial charge in [-0.25, -0.2) is 0 Å². The number of hydrogen-bond acceptors (Lipinski definition) is 2. The molecule has 0 saturated carbocycles. The van der Waals surface area contributed by atoms with Gasteiger partial charge in [-0.3, -0.25) is 0 Å². The van der Waals surface area contributed by atoms with Crippen molar-refractivity contribution in [2.24, 2.45) is 0 Å². The molecule has 2 nitrogen and oxygen atoms in total. The summed E-state index contributed by atoms with van der Waals surface area (Å²) in [5.41, 5.74) is 0. The Morgan fingerprint density at radius 1 is 1.20 bits per heavy atom. The number of methoxy groups -OCH3 is 1. The quantitative estimate of drug-likeness (QED) is 0.595. The first-order valence-corrected chi connectivity index (χ1v) is 2.66. The van der Waals surface area contributed by atoms with Gasteiger partial charge >= 0.3 is 29.6 Å². The van der Waals surface area contributed by atoms with Crippen LogP contribution in [0.1, 0.15) is 0 Å². The molecule has 1 aromatic carbocycles. The van der Waals surface area contributed by atoms with Crippen LogP contribution in [0, 0.1) is 0 Å². The van der Waals surface area contributed by atoms with Crippen molar-refractivity contribution in [2.75, 3.05) is 7.11 Å². The van der Waals surface area contributed by atoms with E-state index in [1.54, 1.807) is 31.4 Å². The average Bonchev–Trinajstić information content (AvgIpc) is 1.90. The van der Waals surface area contributed by atoms with Crippen LogP contribution in [0.4, 0.5) is 0 Å². The van der Waals surface area contributed by atoms with E-state index in [2.05, 4.69) is 0 Å². The van der Waals surface area contributed by atoms with Crippen molar-refractivity contribution >= 4 is 29.6 Å². The minimum absolute atomic E-state index is 0. The Hall–Kier alpha value is -0.180. The van der Waals surface area contributed by atoms with Crippen molar-refractivity contribution in [2.45, 2.75) is 0 Å². The molecule has 3 heteroatoms. The maximum atomic E-state index is 8.80. The fourth-order valence-electron chi connectivity index (χ4n) is 0.582. The molecule has 0 spiro atoms. The molecule has 0 heterocycles. The van der Waals surface area contributed by atoms with Crippen LogP contribution in [0.3, 0.4) is 0 Å². The molecule has 0 bridgehead atoms. The van der Waals surface area contributed by atoms with E-state index < -0.39 is 0 Å². The van der Waals surface area contributed by atoms with Crippen molar-refractivity contribution in [3.05, 3.63) is 24.3 Å². The zero-order valence-electron chi connectivity index (χ0n) is 5.16. The second-order valence-electron chi connectivity index (χ2n) is 1.70. The van der Waals surface area contributed by atoms with Gasteiger partial charge in [0.15, 0.2) is 0 Å². The van der Waals surface area contributed by atoms with E-state index in [-0.39, 0.29) is 35.3 Å². The van der Waals surface area contributed by atoms with Gasteiger partial charge in [0.2, 0.25) is 0 Å². The number of phenols is 1. The Bertz CT molecular complexity index is 183. The van der Waals surface area contributed by atoms with Gasteiger partial charge in [0.1, 0.15) is 11.5 Å². The topological polar surface area (TPSA) is 29.5 Å². The monoisotopic (exact) mass is 148 g/mol. The Morgan fingerprint density at radius 3 is 2.10 bits per heavy atom. The zero-order valence-corrected chi connectivity index (χ0v) is 5.16. The minimum atomic E-state index is 0. The first-order chi connectivity index (χ1) is 4.33. The summed E-state index contributed by atoms with van der Waals surface area (Å²) < 4.78 is 4.86. The normalized spacial score (nSPS) is 8.10. The molecule has 0 aromatic heterocycles. The summed E-state index contributed by atoms with van der Waals surface area (Å²) in [4.78, 5) is 0. The molecule has 1 rings (SSSR count). The van der Waals surface area contributed by atoms with E-state index in [1.165, 1.54) is 0 Å². The van der Waals surface area contributed by atoms with Crippen LogP contribution in [0.15, 0.2) is 24.3 Å². The third-order valence-corrected chi connectivity index (χ3v) is 1.07. The number of hydrogen-bond donors (Lipinski definition) is 1. The van der Waals surface area contributed by atoms with Crippen LogP contribution >= 0.6 is 0 Å². The molecular formula is C7H9NaO2. The number of ether oxygens (including phenoxy) is 1. The summed E-state index contributed by atoms with van der Waals surface area (Å²) >= 11 is 0. The molecule has 0 radical (unpaired) electrons. The molecule has 0 amide bonds. The van der Waals surface area contributed by atoms with Crippen LogP contribution in [0.2, 0.25) is 0 Å². The molecule has 0 fully saturated rings. The van der Waals surface area contributed by atoms with Crippen LogP contribution in [-0.4, -0.2) is 41.8 Å². The van der Waals surface area contributed by atoms with E-state index in [1.807, 2.05) is 0 Å². The number of rotatable bonds is 1. The summed E-state index contributed by atoms with van der Waals surface area (Å²) in [6, 6.07) is 6.57. The standard InChI is InChI=1S/C7H8O2.Na.H/c1-9-7-4-2-6(8)3-5-7;;/h2-5,8H,1H3;;. The number of aromatic hydroxyl groups is 1.